The third kappa shape index (κ3) is 3.94. The average molecular weight is 227 g/mol. The molecule has 0 fully saturated rings. The van der Waals surface area contributed by atoms with Crippen molar-refractivity contribution in [3.05, 3.63) is 36.0 Å². The highest BCUT2D eigenvalue weighted by atomic mass is 16.2. The van der Waals surface area contributed by atoms with E-state index < -0.39 is 6.03 Å². The molecule has 4 N–H and O–H groups in total. The second kappa shape index (κ2) is 5.79. The Labute approximate surface area is 98.0 Å². The van der Waals surface area contributed by atoms with Crippen LogP contribution in [0.2, 0.25) is 0 Å². The molecule has 0 aliphatic carbocycles. The normalized spacial score (nSPS) is 8.35. The Morgan fingerprint density at radius 1 is 1.18 bits per heavy atom. The number of nitrogens with two attached hydrogens (primary N) is 1. The number of benzene rings is 1. The van der Waals surface area contributed by atoms with Crippen molar-refractivity contribution in [3.63, 3.8) is 0 Å². The Bertz CT molecular complexity index is 502. The molecule has 6 heteroatoms. The summed E-state index contributed by atoms with van der Waals surface area (Å²) in [4.78, 5) is 10.6. The maximum Gasteiger partial charge on any atom is 0.316 e. The molecule has 17 heavy (non-hydrogen) atoms. The lowest BCUT2D eigenvalue weighted by atomic mass is 10.2. The fourth-order valence-electron chi connectivity index (χ4n) is 1.04. The van der Waals surface area contributed by atoms with Gasteiger partial charge in [-0.2, -0.15) is 10.5 Å². The Morgan fingerprint density at radius 2 is 1.71 bits per heavy atom. The van der Waals surface area contributed by atoms with Crippen LogP contribution in [0.1, 0.15) is 0 Å². The summed E-state index contributed by atoms with van der Waals surface area (Å²) in [5, 5.41) is 22.2. The van der Waals surface area contributed by atoms with Gasteiger partial charge in [0.2, 0.25) is 0 Å². The van der Waals surface area contributed by atoms with E-state index in [1.54, 1.807) is 36.4 Å². The second-order valence-electron chi connectivity index (χ2n) is 2.99. The number of amides is 2. The van der Waals surface area contributed by atoms with E-state index in [0.29, 0.717) is 11.4 Å². The van der Waals surface area contributed by atoms with Crippen molar-refractivity contribution in [1.82, 2.24) is 0 Å². The number of nitriles is 2. The van der Waals surface area contributed by atoms with Gasteiger partial charge in [-0.3, -0.25) is 0 Å². The standard InChI is InChI=1S/C11H9N5O/c12-5-8(6-13)7-15-9-1-3-10(4-2-9)16-11(14)17/h1-4,7,15H,(H3,14,16,17). The van der Waals surface area contributed by atoms with E-state index in [2.05, 4.69) is 10.6 Å². The van der Waals surface area contributed by atoms with Crippen LogP contribution in [0.25, 0.3) is 0 Å². The maximum atomic E-state index is 10.6. The fourth-order valence-corrected chi connectivity index (χ4v) is 1.04. The van der Waals surface area contributed by atoms with Gasteiger partial charge in [0, 0.05) is 17.6 Å². The van der Waals surface area contributed by atoms with Crippen molar-refractivity contribution >= 4 is 17.4 Å². The van der Waals surface area contributed by atoms with Gasteiger partial charge in [-0.25, -0.2) is 4.79 Å². The Morgan fingerprint density at radius 3 is 2.18 bits per heavy atom. The minimum atomic E-state index is -0.637. The smallest absolute Gasteiger partial charge is 0.316 e. The third-order valence-electron chi connectivity index (χ3n) is 1.78. The van der Waals surface area contributed by atoms with Gasteiger partial charge in [0.05, 0.1) is 0 Å². The van der Waals surface area contributed by atoms with E-state index in [-0.39, 0.29) is 5.57 Å². The molecule has 2 amide bonds. The zero-order valence-corrected chi connectivity index (χ0v) is 8.77. The monoisotopic (exact) mass is 227 g/mol. The number of carbonyl (C=O) groups excluding carboxylic acids is 1. The molecule has 0 saturated heterocycles. The van der Waals surface area contributed by atoms with Crippen molar-refractivity contribution in [1.29, 1.82) is 10.5 Å². The molecule has 84 valence electrons. The predicted octanol–water partition coefficient (Wildman–Crippen LogP) is 1.52. The minimum Gasteiger partial charge on any atom is -0.360 e. The number of anilines is 2. The number of rotatable bonds is 3. The second-order valence-corrected chi connectivity index (χ2v) is 2.99. The highest BCUT2D eigenvalue weighted by Crippen LogP contribution is 2.13. The molecule has 0 heterocycles. The molecule has 1 aromatic rings. The Balaban J connectivity index is 2.70. The largest absolute Gasteiger partial charge is 0.360 e. The molecule has 0 spiro atoms. The summed E-state index contributed by atoms with van der Waals surface area (Å²) in [5.41, 5.74) is 6.17. The van der Waals surface area contributed by atoms with Crippen molar-refractivity contribution in [2.75, 3.05) is 10.6 Å². The first kappa shape index (κ1) is 12.1. The zero-order chi connectivity index (χ0) is 12.7. The lowest BCUT2D eigenvalue weighted by Gasteiger charge is -2.03. The van der Waals surface area contributed by atoms with Crippen LogP contribution in [-0.2, 0) is 0 Å². The first-order chi connectivity index (χ1) is 8.15. The van der Waals surface area contributed by atoms with Gasteiger partial charge >= 0.3 is 6.03 Å². The lowest BCUT2D eigenvalue weighted by molar-refractivity contribution is 0.259. The van der Waals surface area contributed by atoms with Gasteiger partial charge in [0.15, 0.2) is 0 Å². The molecule has 0 bridgehead atoms. The summed E-state index contributed by atoms with van der Waals surface area (Å²) >= 11 is 0. The number of allylic oxidation sites excluding steroid dienone is 1. The predicted molar refractivity (Wildman–Crippen MR) is 62.6 cm³/mol. The number of primary amides is 1. The van der Waals surface area contributed by atoms with Crippen LogP contribution in [-0.4, -0.2) is 6.03 Å². The first-order valence-corrected chi connectivity index (χ1v) is 4.59. The highest BCUT2D eigenvalue weighted by molar-refractivity contribution is 5.87. The molecule has 0 aromatic heterocycles. The summed E-state index contributed by atoms with van der Waals surface area (Å²) < 4.78 is 0. The fraction of sp³-hybridized carbons (Fsp3) is 0. The molecular formula is C11H9N5O. The molecule has 0 radical (unpaired) electrons. The van der Waals surface area contributed by atoms with E-state index in [9.17, 15) is 4.79 Å². The van der Waals surface area contributed by atoms with E-state index in [1.807, 2.05) is 0 Å². The molecule has 1 rings (SSSR count). The molecule has 1 aromatic carbocycles. The van der Waals surface area contributed by atoms with Crippen LogP contribution in [0.4, 0.5) is 16.2 Å². The first-order valence-electron chi connectivity index (χ1n) is 4.59. The average Bonchev–Trinajstić information content (AvgIpc) is 2.32. The molecular weight excluding hydrogens is 218 g/mol. The van der Waals surface area contributed by atoms with Crippen molar-refractivity contribution < 1.29 is 4.79 Å². The molecule has 6 nitrogen and oxygen atoms in total. The SMILES string of the molecule is N#CC(C#N)=CNc1ccc(NC(N)=O)cc1. The van der Waals surface area contributed by atoms with Gasteiger partial charge in [0.1, 0.15) is 17.7 Å². The summed E-state index contributed by atoms with van der Waals surface area (Å²) in [7, 11) is 0. The molecule has 0 aliphatic rings. The van der Waals surface area contributed by atoms with Crippen molar-refractivity contribution in [2.24, 2.45) is 5.73 Å². The van der Waals surface area contributed by atoms with Gasteiger partial charge < -0.3 is 16.4 Å². The van der Waals surface area contributed by atoms with Gasteiger partial charge in [0.25, 0.3) is 0 Å². The van der Waals surface area contributed by atoms with Gasteiger partial charge in [-0.1, -0.05) is 0 Å². The van der Waals surface area contributed by atoms with E-state index in [1.165, 1.54) is 6.20 Å². The summed E-state index contributed by atoms with van der Waals surface area (Å²) in [6, 6.07) is 9.44. The molecule has 0 aliphatic heterocycles. The Kier molecular flexibility index (Phi) is 4.11. The maximum absolute atomic E-state index is 10.6. The highest BCUT2D eigenvalue weighted by Gasteiger charge is 1.96. The molecule has 0 saturated carbocycles. The van der Waals surface area contributed by atoms with Crippen molar-refractivity contribution in [2.45, 2.75) is 0 Å². The van der Waals surface area contributed by atoms with Crippen LogP contribution >= 0.6 is 0 Å². The van der Waals surface area contributed by atoms with E-state index in [0.717, 1.165) is 0 Å². The zero-order valence-electron chi connectivity index (χ0n) is 8.77. The van der Waals surface area contributed by atoms with Crippen LogP contribution in [0.15, 0.2) is 36.0 Å². The van der Waals surface area contributed by atoms with Crippen LogP contribution in [0.3, 0.4) is 0 Å². The van der Waals surface area contributed by atoms with E-state index >= 15 is 0 Å². The third-order valence-corrected chi connectivity index (χ3v) is 1.78. The van der Waals surface area contributed by atoms with Crippen molar-refractivity contribution in [3.8, 4) is 12.1 Å². The molecule has 0 atom stereocenters. The number of hydrogen-bond acceptors (Lipinski definition) is 4. The Hall–Kier alpha value is -2.99. The number of urea groups is 1. The number of nitrogens with zero attached hydrogens (tertiary/aromatic N) is 2. The van der Waals surface area contributed by atoms with Crippen LogP contribution in [0.5, 0.6) is 0 Å². The number of hydrogen-bond donors (Lipinski definition) is 3. The molecule has 0 unspecified atom stereocenters. The summed E-state index contributed by atoms with van der Waals surface area (Å²) in [6.45, 7) is 0. The lowest BCUT2D eigenvalue weighted by Crippen LogP contribution is -2.19. The van der Waals surface area contributed by atoms with Crippen LogP contribution < -0.4 is 16.4 Å². The number of nitrogens with one attached hydrogen (secondary N) is 2. The van der Waals surface area contributed by atoms with Gasteiger partial charge in [-0.05, 0) is 24.3 Å². The minimum absolute atomic E-state index is 0.0238. The quantitative estimate of drug-likeness (QED) is 0.679. The topological polar surface area (TPSA) is 115 Å². The summed E-state index contributed by atoms with van der Waals surface area (Å²) in [5.74, 6) is 0. The summed E-state index contributed by atoms with van der Waals surface area (Å²) in [6.07, 6.45) is 1.30. The number of carbonyl (C=O) groups is 1. The van der Waals surface area contributed by atoms with Crippen LogP contribution in [0, 0.1) is 22.7 Å². The van der Waals surface area contributed by atoms with Gasteiger partial charge in [-0.15, -0.1) is 0 Å². The van der Waals surface area contributed by atoms with E-state index in [4.69, 9.17) is 16.3 Å².